The van der Waals surface area contributed by atoms with Crippen LogP contribution in [0.2, 0.25) is 0 Å². The average Bonchev–Trinajstić information content (AvgIpc) is 3.45. The Morgan fingerprint density at radius 3 is 2.69 bits per heavy atom. The number of fused-ring (bicyclic) bond motifs is 2. The van der Waals surface area contributed by atoms with E-state index in [1.54, 1.807) is 25.8 Å². The normalized spacial score (nSPS) is 20.5. The van der Waals surface area contributed by atoms with Crippen molar-refractivity contribution in [2.24, 2.45) is 5.92 Å². The molecule has 1 saturated heterocycles. The fourth-order valence-electron chi connectivity index (χ4n) is 4.50. The van der Waals surface area contributed by atoms with Gasteiger partial charge in [-0.1, -0.05) is 31.2 Å². The van der Waals surface area contributed by atoms with Crippen LogP contribution in [0.3, 0.4) is 0 Å². The first-order valence-corrected chi connectivity index (χ1v) is 12.4. The van der Waals surface area contributed by atoms with Crippen molar-refractivity contribution >= 4 is 35.0 Å². The molecular formula is C24H30N6O4S. The molecule has 3 heterocycles. The number of hydrogen-bond acceptors (Lipinski definition) is 7. The molecule has 2 aliphatic heterocycles. The topological polar surface area (TPSA) is 124 Å². The van der Waals surface area contributed by atoms with Crippen LogP contribution in [0.1, 0.15) is 56.6 Å². The third kappa shape index (κ3) is 4.65. The molecule has 4 amide bonds. The third-order valence-electron chi connectivity index (χ3n) is 6.51. The maximum Gasteiger partial charge on any atom is 0.280 e. The van der Waals surface area contributed by atoms with Gasteiger partial charge in [-0.05, 0) is 31.4 Å². The van der Waals surface area contributed by atoms with Gasteiger partial charge in [0.05, 0.1) is 11.6 Å². The number of rotatable bonds is 6. The first-order valence-electron chi connectivity index (χ1n) is 11.6. The van der Waals surface area contributed by atoms with Gasteiger partial charge in [0, 0.05) is 33.2 Å². The molecule has 3 N–H and O–H groups in total. The van der Waals surface area contributed by atoms with Gasteiger partial charge >= 0.3 is 0 Å². The molecule has 0 unspecified atom stereocenters. The largest absolute Gasteiger partial charge is 0.353 e. The first-order chi connectivity index (χ1) is 16.7. The lowest BCUT2D eigenvalue weighted by molar-refractivity contribution is -0.153. The summed E-state index contributed by atoms with van der Waals surface area (Å²) in [6, 6.07) is 7.69. The first kappa shape index (κ1) is 24.8. The van der Waals surface area contributed by atoms with Crippen LogP contribution in [0, 0.1) is 12.8 Å². The number of nitrogens with one attached hydrogen (secondary N) is 3. The Kier molecular flexibility index (Phi) is 6.91. The summed E-state index contributed by atoms with van der Waals surface area (Å²) in [7, 11) is 1.50. The lowest BCUT2D eigenvalue weighted by Gasteiger charge is -2.34. The van der Waals surface area contributed by atoms with Crippen LogP contribution in [0.4, 0.5) is 0 Å². The van der Waals surface area contributed by atoms with Gasteiger partial charge in [0.15, 0.2) is 5.01 Å². The minimum atomic E-state index is -1.22. The van der Waals surface area contributed by atoms with Crippen molar-refractivity contribution in [1.82, 2.24) is 31.0 Å². The summed E-state index contributed by atoms with van der Waals surface area (Å²) in [5.74, 6) is -1.85. The molecule has 4 rings (SSSR count). The Bertz CT molecular complexity index is 1180. The van der Waals surface area contributed by atoms with Crippen LogP contribution in [0.5, 0.6) is 0 Å². The molecule has 1 aromatic carbocycles. The SMILES string of the molecule is CNC(=O)c1nc(C)c(C(=O)NC[C@@H](C)C(=O)N[C@@]2(C)C(=O)N3CCCN3Cc3ccccc32)s1. The van der Waals surface area contributed by atoms with E-state index in [4.69, 9.17) is 0 Å². The fraction of sp³-hybridized carbons (Fsp3) is 0.458. The zero-order valence-corrected chi connectivity index (χ0v) is 21.1. The van der Waals surface area contributed by atoms with Crippen molar-refractivity contribution in [3.8, 4) is 0 Å². The lowest BCUT2D eigenvalue weighted by atomic mass is 9.86. The zero-order valence-electron chi connectivity index (χ0n) is 20.3. The number of carbonyl (C=O) groups excluding carboxylic acids is 4. The number of aromatic nitrogens is 1. The van der Waals surface area contributed by atoms with E-state index in [1.165, 1.54) is 7.05 Å². The number of nitrogens with zero attached hydrogens (tertiary/aromatic N) is 3. The predicted octanol–water partition coefficient (Wildman–Crippen LogP) is 1.17. The quantitative estimate of drug-likeness (QED) is 0.549. The van der Waals surface area contributed by atoms with Gasteiger partial charge in [-0.2, -0.15) is 0 Å². The zero-order chi connectivity index (χ0) is 25.3. The minimum Gasteiger partial charge on any atom is -0.353 e. The summed E-state index contributed by atoms with van der Waals surface area (Å²) in [6.45, 7) is 7.21. The number of carbonyl (C=O) groups is 4. The molecule has 186 valence electrons. The molecule has 35 heavy (non-hydrogen) atoms. The average molecular weight is 499 g/mol. The molecular weight excluding hydrogens is 468 g/mol. The molecule has 0 saturated carbocycles. The molecule has 1 fully saturated rings. The number of hydrogen-bond donors (Lipinski definition) is 3. The highest BCUT2D eigenvalue weighted by Gasteiger charge is 2.47. The smallest absolute Gasteiger partial charge is 0.280 e. The molecule has 1 aromatic heterocycles. The van der Waals surface area contributed by atoms with E-state index in [0.717, 1.165) is 35.4 Å². The van der Waals surface area contributed by atoms with Crippen LogP contribution in [0.25, 0.3) is 0 Å². The van der Waals surface area contributed by atoms with E-state index in [-0.39, 0.29) is 29.3 Å². The predicted molar refractivity (Wildman–Crippen MR) is 130 cm³/mol. The standard InChI is InChI=1S/C24H30N6O4S/c1-14(12-26-20(32)18-15(2)27-22(35-18)21(33)25-4)19(31)28-24(3)17-9-6-5-8-16(17)13-29-10-7-11-30(29)23(24)34/h5-6,8-9,14H,7,10-13H2,1-4H3,(H,25,33)(H,26,32)(H,28,31)/t14-,24-/m1/s1. The molecule has 0 radical (unpaired) electrons. The van der Waals surface area contributed by atoms with Gasteiger partial charge in [0.25, 0.3) is 17.7 Å². The highest BCUT2D eigenvalue weighted by atomic mass is 32.1. The number of amides is 4. The van der Waals surface area contributed by atoms with E-state index >= 15 is 0 Å². The van der Waals surface area contributed by atoms with Crippen molar-refractivity contribution < 1.29 is 19.2 Å². The summed E-state index contributed by atoms with van der Waals surface area (Å²) in [6.07, 6.45) is 0.888. The number of hydrazine groups is 1. The Balaban J connectivity index is 1.47. The van der Waals surface area contributed by atoms with Crippen LogP contribution >= 0.6 is 11.3 Å². The molecule has 2 aliphatic rings. The van der Waals surface area contributed by atoms with Gasteiger partial charge in [-0.25, -0.2) is 9.99 Å². The van der Waals surface area contributed by atoms with Gasteiger partial charge in [-0.15, -0.1) is 11.3 Å². The molecule has 11 heteroatoms. The fourth-order valence-corrected chi connectivity index (χ4v) is 5.42. The minimum absolute atomic E-state index is 0.0685. The Hall–Kier alpha value is -3.31. The highest BCUT2D eigenvalue weighted by molar-refractivity contribution is 7.15. The second-order valence-electron chi connectivity index (χ2n) is 9.07. The van der Waals surface area contributed by atoms with Crippen molar-refractivity contribution in [2.75, 3.05) is 26.7 Å². The molecule has 0 bridgehead atoms. The number of benzene rings is 1. The molecule has 10 nitrogen and oxygen atoms in total. The van der Waals surface area contributed by atoms with Crippen LogP contribution < -0.4 is 16.0 Å². The van der Waals surface area contributed by atoms with Gasteiger partial charge in [-0.3, -0.25) is 24.2 Å². The maximum atomic E-state index is 13.6. The summed E-state index contributed by atoms with van der Waals surface area (Å²) < 4.78 is 0. The molecule has 0 aliphatic carbocycles. The van der Waals surface area contributed by atoms with E-state index in [1.807, 2.05) is 29.3 Å². The van der Waals surface area contributed by atoms with Crippen LogP contribution in [-0.4, -0.2) is 65.3 Å². The van der Waals surface area contributed by atoms with Crippen molar-refractivity contribution in [3.63, 3.8) is 0 Å². The summed E-state index contributed by atoms with van der Waals surface area (Å²) >= 11 is 1.00. The number of aryl methyl sites for hydroxylation is 1. The van der Waals surface area contributed by atoms with Gasteiger partial charge in [0.2, 0.25) is 5.91 Å². The molecule has 2 atom stereocenters. The summed E-state index contributed by atoms with van der Waals surface area (Å²) in [4.78, 5) is 55.8. The summed E-state index contributed by atoms with van der Waals surface area (Å²) in [5, 5.41) is 12.2. The van der Waals surface area contributed by atoms with Crippen LogP contribution in [0.15, 0.2) is 24.3 Å². The highest BCUT2D eigenvalue weighted by Crippen LogP contribution is 2.34. The van der Waals surface area contributed by atoms with Gasteiger partial charge < -0.3 is 16.0 Å². The Labute approximate surface area is 208 Å². The van der Waals surface area contributed by atoms with Gasteiger partial charge in [0.1, 0.15) is 10.4 Å². The number of thiazole rings is 1. The summed E-state index contributed by atoms with van der Waals surface area (Å²) in [5.41, 5.74) is 1.01. The molecule has 2 aromatic rings. The van der Waals surface area contributed by atoms with E-state index in [0.29, 0.717) is 23.7 Å². The maximum absolute atomic E-state index is 13.6. The Morgan fingerprint density at radius 2 is 1.94 bits per heavy atom. The van der Waals surface area contributed by atoms with E-state index < -0.39 is 17.4 Å². The monoisotopic (exact) mass is 498 g/mol. The van der Waals surface area contributed by atoms with Crippen molar-refractivity contribution in [3.05, 3.63) is 51.0 Å². The second-order valence-corrected chi connectivity index (χ2v) is 10.1. The van der Waals surface area contributed by atoms with Crippen molar-refractivity contribution in [1.29, 1.82) is 0 Å². The van der Waals surface area contributed by atoms with E-state index in [9.17, 15) is 19.2 Å². The second kappa shape index (κ2) is 9.74. The van der Waals surface area contributed by atoms with Crippen molar-refractivity contribution in [2.45, 2.75) is 39.3 Å². The molecule has 0 spiro atoms. The van der Waals surface area contributed by atoms with Crippen LogP contribution in [-0.2, 0) is 21.7 Å². The third-order valence-corrected chi connectivity index (χ3v) is 7.67. The lowest BCUT2D eigenvalue weighted by Crippen LogP contribution is -2.57. The van der Waals surface area contributed by atoms with E-state index in [2.05, 4.69) is 20.9 Å². The Morgan fingerprint density at radius 1 is 1.20 bits per heavy atom.